The van der Waals surface area contributed by atoms with E-state index in [9.17, 15) is 18.8 Å². The fourth-order valence-electron chi connectivity index (χ4n) is 1.67. The zero-order valence-corrected chi connectivity index (χ0v) is 11.3. The smallest absolute Gasteiger partial charge is 0.316 e. The summed E-state index contributed by atoms with van der Waals surface area (Å²) in [6.07, 6.45) is 0. The minimum atomic E-state index is -1.21. The molecule has 3 amide bonds. The molecule has 0 bridgehead atoms. The number of halogens is 1. The highest BCUT2D eigenvalue weighted by molar-refractivity contribution is 6.42. The van der Waals surface area contributed by atoms with Gasteiger partial charge in [-0.25, -0.2) is 4.39 Å². The first-order valence-electron chi connectivity index (χ1n) is 6.24. The molecule has 0 aromatic heterocycles. The van der Waals surface area contributed by atoms with Crippen molar-refractivity contribution in [2.45, 2.75) is 0 Å². The van der Waals surface area contributed by atoms with Crippen molar-refractivity contribution in [3.05, 3.63) is 59.9 Å². The summed E-state index contributed by atoms with van der Waals surface area (Å²) >= 11 is 0. The van der Waals surface area contributed by atoms with Gasteiger partial charge in [-0.05, 0) is 24.3 Å². The van der Waals surface area contributed by atoms with E-state index in [0.717, 1.165) is 6.07 Å². The third-order valence-electron chi connectivity index (χ3n) is 2.76. The van der Waals surface area contributed by atoms with Crippen molar-refractivity contribution < 1.29 is 18.8 Å². The zero-order chi connectivity index (χ0) is 16.1. The topological polar surface area (TPSA) is 101 Å². The van der Waals surface area contributed by atoms with Gasteiger partial charge in [-0.15, -0.1) is 0 Å². The molecule has 0 fully saturated rings. The number of rotatable bonds is 2. The molecule has 4 N–H and O–H groups in total. The van der Waals surface area contributed by atoms with E-state index >= 15 is 0 Å². The molecular weight excluding hydrogens is 289 g/mol. The molecule has 2 rings (SSSR count). The Morgan fingerprint density at radius 1 is 0.909 bits per heavy atom. The average Bonchev–Trinajstić information content (AvgIpc) is 2.49. The Hall–Kier alpha value is -3.22. The second-order valence-electron chi connectivity index (χ2n) is 4.30. The van der Waals surface area contributed by atoms with Gasteiger partial charge in [0.05, 0.1) is 11.3 Å². The molecule has 7 heteroatoms. The van der Waals surface area contributed by atoms with Crippen LogP contribution in [-0.2, 0) is 9.59 Å². The molecule has 2 aromatic rings. The third-order valence-corrected chi connectivity index (χ3v) is 2.76. The fourth-order valence-corrected chi connectivity index (χ4v) is 1.67. The molecule has 0 aliphatic heterocycles. The predicted octanol–water partition coefficient (Wildman–Crippen LogP) is 1.30. The number of hydrogen-bond donors (Lipinski definition) is 3. The lowest BCUT2D eigenvalue weighted by Gasteiger charge is -2.07. The van der Waals surface area contributed by atoms with E-state index in [1.807, 2.05) is 5.32 Å². The SMILES string of the molecule is Nc1ccccc1C(=O)NC(=O)C(=O)Nc1ccccc1F. The third kappa shape index (κ3) is 3.45. The lowest BCUT2D eigenvalue weighted by Crippen LogP contribution is -2.39. The highest BCUT2D eigenvalue weighted by Gasteiger charge is 2.19. The van der Waals surface area contributed by atoms with Gasteiger partial charge in [0, 0.05) is 5.69 Å². The first-order chi connectivity index (χ1) is 10.5. The molecule has 112 valence electrons. The van der Waals surface area contributed by atoms with E-state index < -0.39 is 23.5 Å². The number of imide groups is 1. The van der Waals surface area contributed by atoms with Crippen LogP contribution < -0.4 is 16.4 Å². The lowest BCUT2D eigenvalue weighted by atomic mass is 10.1. The predicted molar refractivity (Wildman–Crippen MR) is 78.4 cm³/mol. The summed E-state index contributed by atoms with van der Waals surface area (Å²) in [5, 5.41) is 3.96. The Labute approximate surface area is 125 Å². The number of carbonyl (C=O) groups excluding carboxylic acids is 3. The molecule has 0 heterocycles. The summed E-state index contributed by atoms with van der Waals surface area (Å²) in [7, 11) is 0. The number of carbonyl (C=O) groups is 3. The van der Waals surface area contributed by atoms with Crippen molar-refractivity contribution in [1.29, 1.82) is 0 Å². The molecule has 0 aliphatic rings. The van der Waals surface area contributed by atoms with E-state index in [1.165, 1.54) is 30.3 Å². The Kier molecular flexibility index (Phi) is 4.47. The minimum Gasteiger partial charge on any atom is -0.398 e. The summed E-state index contributed by atoms with van der Waals surface area (Å²) in [6.45, 7) is 0. The van der Waals surface area contributed by atoms with Gasteiger partial charge < -0.3 is 11.1 Å². The summed E-state index contributed by atoms with van der Waals surface area (Å²) in [6, 6.07) is 11.4. The molecular formula is C15H12FN3O3. The van der Waals surface area contributed by atoms with Crippen LogP contribution in [0.3, 0.4) is 0 Å². The largest absolute Gasteiger partial charge is 0.398 e. The van der Waals surface area contributed by atoms with E-state index in [1.54, 1.807) is 12.1 Å². The number of amides is 3. The van der Waals surface area contributed by atoms with E-state index in [2.05, 4.69) is 5.32 Å². The Bertz CT molecular complexity index is 746. The number of benzene rings is 2. The van der Waals surface area contributed by atoms with Crippen LogP contribution in [-0.4, -0.2) is 17.7 Å². The van der Waals surface area contributed by atoms with Crippen molar-refractivity contribution in [3.8, 4) is 0 Å². The second kappa shape index (κ2) is 6.49. The monoisotopic (exact) mass is 301 g/mol. The highest BCUT2D eigenvalue weighted by Crippen LogP contribution is 2.12. The molecule has 22 heavy (non-hydrogen) atoms. The van der Waals surface area contributed by atoms with Gasteiger partial charge >= 0.3 is 11.8 Å². The highest BCUT2D eigenvalue weighted by atomic mass is 19.1. The first-order valence-corrected chi connectivity index (χ1v) is 6.24. The summed E-state index contributed by atoms with van der Waals surface area (Å²) in [5.41, 5.74) is 5.67. The maximum absolute atomic E-state index is 13.4. The van der Waals surface area contributed by atoms with Crippen molar-refractivity contribution in [2.24, 2.45) is 0 Å². The Morgan fingerprint density at radius 2 is 1.55 bits per heavy atom. The quantitative estimate of drug-likeness (QED) is 0.575. The van der Waals surface area contributed by atoms with E-state index in [-0.39, 0.29) is 16.9 Å². The van der Waals surface area contributed by atoms with E-state index in [0.29, 0.717) is 0 Å². The van der Waals surface area contributed by atoms with E-state index in [4.69, 9.17) is 5.73 Å². The minimum absolute atomic E-state index is 0.0644. The van der Waals surface area contributed by atoms with Crippen LogP contribution in [0.5, 0.6) is 0 Å². The van der Waals surface area contributed by atoms with Crippen molar-refractivity contribution in [1.82, 2.24) is 5.32 Å². The van der Waals surface area contributed by atoms with Gasteiger partial charge in [-0.3, -0.25) is 19.7 Å². The molecule has 0 radical (unpaired) electrons. The van der Waals surface area contributed by atoms with Gasteiger partial charge in [0.2, 0.25) is 0 Å². The fraction of sp³-hybridized carbons (Fsp3) is 0. The van der Waals surface area contributed by atoms with Crippen LogP contribution in [0.2, 0.25) is 0 Å². The average molecular weight is 301 g/mol. The molecule has 0 saturated carbocycles. The Balaban J connectivity index is 2.03. The van der Waals surface area contributed by atoms with Crippen molar-refractivity contribution in [3.63, 3.8) is 0 Å². The van der Waals surface area contributed by atoms with Gasteiger partial charge in [-0.1, -0.05) is 24.3 Å². The molecule has 0 atom stereocenters. The number of nitrogen functional groups attached to an aromatic ring is 1. The molecule has 0 unspecified atom stereocenters. The van der Waals surface area contributed by atoms with Gasteiger partial charge in [0.1, 0.15) is 5.82 Å². The lowest BCUT2D eigenvalue weighted by molar-refractivity contribution is -0.135. The summed E-state index contributed by atoms with van der Waals surface area (Å²) in [4.78, 5) is 35.1. The normalized spacial score (nSPS) is 9.86. The van der Waals surface area contributed by atoms with Crippen LogP contribution in [0.4, 0.5) is 15.8 Å². The first kappa shape index (κ1) is 15.2. The zero-order valence-electron chi connectivity index (χ0n) is 11.3. The van der Waals surface area contributed by atoms with Crippen LogP contribution in [0.1, 0.15) is 10.4 Å². The van der Waals surface area contributed by atoms with Crippen molar-refractivity contribution >= 4 is 29.1 Å². The molecule has 0 saturated heterocycles. The number of anilines is 2. The molecule has 6 nitrogen and oxygen atoms in total. The molecule has 0 aliphatic carbocycles. The van der Waals surface area contributed by atoms with Gasteiger partial charge in [-0.2, -0.15) is 0 Å². The summed E-state index contributed by atoms with van der Waals surface area (Å²) in [5.74, 6) is -3.88. The van der Waals surface area contributed by atoms with Crippen LogP contribution in [0.25, 0.3) is 0 Å². The number of para-hydroxylation sites is 2. The van der Waals surface area contributed by atoms with Crippen LogP contribution in [0, 0.1) is 5.82 Å². The van der Waals surface area contributed by atoms with Gasteiger partial charge in [0.15, 0.2) is 0 Å². The number of nitrogens with one attached hydrogen (secondary N) is 2. The number of hydrogen-bond acceptors (Lipinski definition) is 4. The number of nitrogens with two attached hydrogens (primary N) is 1. The maximum atomic E-state index is 13.4. The standard InChI is InChI=1S/C15H12FN3O3/c16-10-6-2-4-8-12(10)18-14(21)15(22)19-13(20)9-5-1-3-7-11(9)17/h1-8H,17H2,(H,18,21)(H,19,20,22). The van der Waals surface area contributed by atoms with Crippen LogP contribution >= 0.6 is 0 Å². The van der Waals surface area contributed by atoms with Crippen LogP contribution in [0.15, 0.2) is 48.5 Å². The van der Waals surface area contributed by atoms with Gasteiger partial charge in [0.25, 0.3) is 5.91 Å². The van der Waals surface area contributed by atoms with Crippen molar-refractivity contribution in [2.75, 3.05) is 11.1 Å². The Morgan fingerprint density at radius 3 is 2.23 bits per heavy atom. The summed E-state index contributed by atoms with van der Waals surface area (Å²) < 4.78 is 13.4. The maximum Gasteiger partial charge on any atom is 0.316 e. The molecule has 2 aromatic carbocycles. The molecule has 0 spiro atoms. The second-order valence-corrected chi connectivity index (χ2v) is 4.30.